The fraction of sp³-hybridized carbons (Fsp3) is 0.864. The topological polar surface area (TPSA) is 266 Å². The molecule has 218 valence electrons. The zero-order valence-corrected chi connectivity index (χ0v) is 20.2. The number of aliphatic hydroxyl groups excluding tert-OH is 8. The van der Waals surface area contributed by atoms with Gasteiger partial charge in [0.1, 0.15) is 48.8 Å². The predicted octanol–water partition coefficient (Wildman–Crippen LogP) is -5.30. The quantitative estimate of drug-likeness (QED) is 0.141. The fourth-order valence-corrected chi connectivity index (χ4v) is 5.48. The van der Waals surface area contributed by atoms with Crippen molar-refractivity contribution in [2.45, 2.75) is 92.8 Å². The molecule has 0 radical (unpaired) electrons. The average molecular weight is 554 g/mol. The highest BCUT2D eigenvalue weighted by Crippen LogP contribution is 2.49. The van der Waals surface area contributed by atoms with Crippen LogP contribution in [0, 0.1) is 11.8 Å². The van der Waals surface area contributed by atoms with Gasteiger partial charge >= 0.3 is 5.97 Å². The van der Waals surface area contributed by atoms with Crippen LogP contribution < -0.4 is 0 Å². The first-order chi connectivity index (χ1) is 17.8. The van der Waals surface area contributed by atoms with E-state index in [0.717, 1.165) is 6.26 Å². The smallest absolute Gasteiger partial charge is 0.335 e. The van der Waals surface area contributed by atoms with Crippen molar-refractivity contribution in [2.75, 3.05) is 13.2 Å². The number of rotatable bonds is 7. The summed E-state index contributed by atoms with van der Waals surface area (Å²) in [6.45, 7) is 0.0676. The monoisotopic (exact) mass is 554 g/mol. The van der Waals surface area contributed by atoms with E-state index in [4.69, 9.17) is 23.7 Å². The van der Waals surface area contributed by atoms with E-state index in [-0.39, 0.29) is 12.0 Å². The van der Waals surface area contributed by atoms with Crippen LogP contribution in [0.3, 0.4) is 0 Å². The van der Waals surface area contributed by atoms with E-state index in [9.17, 15) is 55.9 Å². The van der Waals surface area contributed by atoms with E-state index in [1.807, 2.05) is 0 Å². The van der Waals surface area contributed by atoms with Crippen molar-refractivity contribution in [3.8, 4) is 0 Å². The Morgan fingerprint density at radius 1 is 0.921 bits per heavy atom. The number of fused-ring (bicyclic) bond motifs is 1. The molecular weight excluding hydrogens is 520 g/mol. The summed E-state index contributed by atoms with van der Waals surface area (Å²) in [4.78, 5) is 11.6. The van der Waals surface area contributed by atoms with Crippen molar-refractivity contribution >= 4 is 5.97 Å². The minimum absolute atomic E-state index is 0.193. The second-order valence-electron chi connectivity index (χ2n) is 10.2. The average Bonchev–Trinajstić information content (AvgIpc) is 3.11. The largest absolute Gasteiger partial charge is 0.478 e. The first kappa shape index (κ1) is 29.5. The van der Waals surface area contributed by atoms with E-state index >= 15 is 0 Å². The number of carbonyl (C=O) groups is 1. The summed E-state index contributed by atoms with van der Waals surface area (Å²) in [6.07, 6.45) is -18.4. The van der Waals surface area contributed by atoms with Crippen LogP contribution in [-0.4, -0.2) is 150 Å². The number of carboxylic acid groups (broad SMARTS) is 1. The molecule has 1 saturated carbocycles. The summed E-state index contributed by atoms with van der Waals surface area (Å²) >= 11 is 0. The van der Waals surface area contributed by atoms with Crippen molar-refractivity contribution in [3.63, 3.8) is 0 Å². The molecule has 3 fully saturated rings. The van der Waals surface area contributed by atoms with Crippen molar-refractivity contribution in [3.05, 3.63) is 11.8 Å². The van der Waals surface area contributed by atoms with Gasteiger partial charge in [0.15, 0.2) is 12.6 Å². The molecule has 0 unspecified atom stereocenters. The maximum Gasteiger partial charge on any atom is 0.335 e. The zero-order chi connectivity index (χ0) is 28.1. The third-order valence-corrected chi connectivity index (χ3v) is 7.58. The third kappa shape index (κ3) is 5.29. The van der Waals surface area contributed by atoms with Gasteiger partial charge in [-0.05, 0) is 6.92 Å². The van der Waals surface area contributed by atoms with Gasteiger partial charge in [0.05, 0.1) is 42.7 Å². The number of aliphatic hydroxyl groups is 9. The molecule has 0 bridgehead atoms. The molecule has 4 aliphatic rings. The summed E-state index contributed by atoms with van der Waals surface area (Å²) < 4.78 is 27.2. The first-order valence-corrected chi connectivity index (χ1v) is 12.0. The molecule has 38 heavy (non-hydrogen) atoms. The molecule has 4 rings (SSSR count). The van der Waals surface area contributed by atoms with E-state index < -0.39 is 110 Å². The Morgan fingerprint density at radius 2 is 1.50 bits per heavy atom. The van der Waals surface area contributed by atoms with Crippen molar-refractivity contribution in [2.24, 2.45) is 11.8 Å². The lowest BCUT2D eigenvalue weighted by atomic mass is 9.81. The molecule has 16 heteroatoms. The standard InChI is InChI=1S/C22H34O16/c1-22(33)2-7(24)10-6(18(31)32)4-34-19(11(10)22)38-21-17(30)15(28)13(26)9(37-21)5-35-20-16(29)14(27)12(25)8(3-23)36-20/h4,7-17,19-21,23-30,33H,2-3,5H2,1H3,(H,31,32)/t7-,8-,9-,10+,11-,12-,13-,14+,15+,16-,17-,19+,20-,21+,22+/m1/s1. The predicted molar refractivity (Wildman–Crippen MR) is 116 cm³/mol. The Hall–Kier alpha value is -1.51. The van der Waals surface area contributed by atoms with Crippen LogP contribution in [0.4, 0.5) is 0 Å². The lowest BCUT2D eigenvalue weighted by Gasteiger charge is -2.45. The number of carboxylic acids is 1. The van der Waals surface area contributed by atoms with E-state index in [1.54, 1.807) is 0 Å². The molecule has 3 aliphatic heterocycles. The van der Waals surface area contributed by atoms with Crippen LogP contribution in [0.5, 0.6) is 0 Å². The normalized spacial score (nSPS) is 51.2. The summed E-state index contributed by atoms with van der Waals surface area (Å²) in [5, 5.41) is 101. The van der Waals surface area contributed by atoms with Crippen molar-refractivity contribution in [1.29, 1.82) is 0 Å². The summed E-state index contributed by atoms with van der Waals surface area (Å²) in [5.74, 6) is -3.56. The van der Waals surface area contributed by atoms with Gasteiger partial charge in [0.25, 0.3) is 0 Å². The minimum atomic E-state index is -1.84. The highest BCUT2D eigenvalue weighted by Gasteiger charge is 2.59. The van der Waals surface area contributed by atoms with Crippen LogP contribution in [0.2, 0.25) is 0 Å². The maximum atomic E-state index is 11.6. The van der Waals surface area contributed by atoms with E-state index in [1.165, 1.54) is 6.92 Å². The van der Waals surface area contributed by atoms with E-state index in [0.29, 0.717) is 0 Å². The Bertz CT molecular complexity index is 879. The Labute approximate surface area is 215 Å². The van der Waals surface area contributed by atoms with Gasteiger partial charge in [-0.1, -0.05) is 0 Å². The molecule has 10 N–H and O–H groups in total. The van der Waals surface area contributed by atoms with Gasteiger partial charge in [-0.3, -0.25) is 0 Å². The molecule has 2 saturated heterocycles. The highest BCUT2D eigenvalue weighted by molar-refractivity contribution is 5.87. The molecule has 0 aromatic carbocycles. The molecule has 0 amide bonds. The summed E-state index contributed by atoms with van der Waals surface area (Å²) in [6, 6.07) is 0. The van der Waals surface area contributed by atoms with Crippen molar-refractivity contribution < 1.29 is 79.5 Å². The van der Waals surface area contributed by atoms with Gasteiger partial charge in [-0.25, -0.2) is 4.79 Å². The number of aliphatic carboxylic acids is 1. The van der Waals surface area contributed by atoms with Crippen molar-refractivity contribution in [1.82, 2.24) is 0 Å². The van der Waals surface area contributed by atoms with Gasteiger partial charge in [-0.15, -0.1) is 0 Å². The SMILES string of the molecule is C[C@]1(O)C[C@@H](O)[C@@H]2C(C(=O)O)=CO[C@@H](O[C@@H]3O[C@H](CO[C@@H]4O[C@H](CO)[C@@H](O)[C@H](O)[C@H]4O)[C@@H](O)[C@H](O)[C@H]3O)[C@@H]21. The van der Waals surface area contributed by atoms with Crippen LogP contribution in [0.25, 0.3) is 0 Å². The number of ether oxygens (including phenoxy) is 5. The number of hydrogen-bond donors (Lipinski definition) is 10. The van der Waals surface area contributed by atoms with Crippen LogP contribution >= 0.6 is 0 Å². The second-order valence-corrected chi connectivity index (χ2v) is 10.2. The van der Waals surface area contributed by atoms with Gasteiger partial charge in [0.2, 0.25) is 6.29 Å². The Kier molecular flexibility index (Phi) is 8.66. The second kappa shape index (κ2) is 11.2. The summed E-state index contributed by atoms with van der Waals surface area (Å²) in [7, 11) is 0. The fourth-order valence-electron chi connectivity index (χ4n) is 5.48. The molecular formula is C22H34O16. The zero-order valence-electron chi connectivity index (χ0n) is 20.2. The van der Waals surface area contributed by atoms with Crippen LogP contribution in [-0.2, 0) is 28.5 Å². The molecule has 16 nitrogen and oxygen atoms in total. The molecule has 0 spiro atoms. The number of hydrogen-bond acceptors (Lipinski definition) is 15. The van der Waals surface area contributed by atoms with Gasteiger partial charge in [0, 0.05) is 12.3 Å². The van der Waals surface area contributed by atoms with Crippen LogP contribution in [0.15, 0.2) is 11.8 Å². The molecule has 3 heterocycles. The molecule has 1 aliphatic carbocycles. The first-order valence-electron chi connectivity index (χ1n) is 12.0. The Morgan fingerprint density at radius 3 is 2.11 bits per heavy atom. The highest BCUT2D eigenvalue weighted by atomic mass is 16.8. The Balaban J connectivity index is 1.47. The lowest BCUT2D eigenvalue weighted by molar-refractivity contribution is -0.357. The lowest BCUT2D eigenvalue weighted by Crippen LogP contribution is -2.62. The molecule has 0 aromatic heterocycles. The minimum Gasteiger partial charge on any atom is -0.478 e. The maximum absolute atomic E-state index is 11.6. The molecule has 15 atom stereocenters. The van der Waals surface area contributed by atoms with Gasteiger partial charge in [-0.2, -0.15) is 0 Å². The third-order valence-electron chi connectivity index (χ3n) is 7.58. The van der Waals surface area contributed by atoms with Crippen LogP contribution in [0.1, 0.15) is 13.3 Å². The van der Waals surface area contributed by atoms with Gasteiger partial charge < -0.3 is 74.7 Å². The summed E-state index contributed by atoms with van der Waals surface area (Å²) in [5.41, 5.74) is -1.93. The molecule has 0 aromatic rings. The van der Waals surface area contributed by atoms with E-state index in [2.05, 4.69) is 0 Å².